The summed E-state index contributed by atoms with van der Waals surface area (Å²) in [6.45, 7) is 1.72. The fourth-order valence-electron chi connectivity index (χ4n) is 2.01. The van der Waals surface area contributed by atoms with Gasteiger partial charge in [0, 0.05) is 15.3 Å². The number of nitrogens with one attached hydrogen (secondary N) is 1. The van der Waals surface area contributed by atoms with Crippen molar-refractivity contribution in [2.45, 2.75) is 19.1 Å². The summed E-state index contributed by atoms with van der Waals surface area (Å²) in [5.41, 5.74) is 0.457. The van der Waals surface area contributed by atoms with Crippen LogP contribution in [0.15, 0.2) is 48.5 Å². The number of alkyl halides is 3. The Hall–Kier alpha value is -1.24. The van der Waals surface area contributed by atoms with Crippen molar-refractivity contribution in [1.82, 2.24) is 0 Å². The molecular weight excluding hydrogens is 378 g/mol. The van der Waals surface area contributed by atoms with Crippen LogP contribution < -0.4 is 5.32 Å². The minimum absolute atomic E-state index is 0.249. The van der Waals surface area contributed by atoms with Crippen LogP contribution in [0.3, 0.4) is 0 Å². The predicted molar refractivity (Wildman–Crippen MR) is 82.6 cm³/mol. The van der Waals surface area contributed by atoms with Crippen molar-refractivity contribution < 1.29 is 13.2 Å². The Morgan fingerprint density at radius 1 is 1.00 bits per heavy atom. The standard InChI is InChI=1S/C15H13F3IN/c1-10(20-12-8-6-11(19)7-9-12)13-4-2-3-5-14(13)15(16,17)18/h2-10,20H,1H3. The van der Waals surface area contributed by atoms with Crippen molar-refractivity contribution in [2.24, 2.45) is 0 Å². The largest absolute Gasteiger partial charge is 0.416 e. The fraction of sp³-hybridized carbons (Fsp3) is 0.200. The second kappa shape index (κ2) is 6.03. The Bertz CT molecular complexity index is 578. The summed E-state index contributed by atoms with van der Waals surface area (Å²) in [6.07, 6.45) is -4.33. The van der Waals surface area contributed by atoms with Gasteiger partial charge in [0.2, 0.25) is 0 Å². The molecule has 0 aromatic heterocycles. The quantitative estimate of drug-likeness (QED) is 0.683. The van der Waals surface area contributed by atoms with E-state index < -0.39 is 17.8 Å². The second-order valence-electron chi connectivity index (χ2n) is 4.46. The summed E-state index contributed by atoms with van der Waals surface area (Å²) in [4.78, 5) is 0. The molecule has 1 atom stereocenters. The molecule has 0 aliphatic heterocycles. The Morgan fingerprint density at radius 2 is 1.60 bits per heavy atom. The van der Waals surface area contributed by atoms with Crippen molar-refractivity contribution >= 4 is 28.3 Å². The van der Waals surface area contributed by atoms with Crippen LogP contribution in [0.1, 0.15) is 24.1 Å². The van der Waals surface area contributed by atoms with Crippen LogP contribution in [0.25, 0.3) is 0 Å². The molecule has 2 aromatic carbocycles. The van der Waals surface area contributed by atoms with Gasteiger partial charge in [-0.15, -0.1) is 0 Å². The third-order valence-corrected chi connectivity index (χ3v) is 3.68. The number of halogens is 4. The van der Waals surface area contributed by atoms with Crippen LogP contribution in [0.5, 0.6) is 0 Å². The maximum absolute atomic E-state index is 13.0. The molecule has 1 nitrogen and oxygen atoms in total. The molecule has 1 N–H and O–H groups in total. The minimum Gasteiger partial charge on any atom is -0.379 e. The highest BCUT2D eigenvalue weighted by Crippen LogP contribution is 2.35. The summed E-state index contributed by atoms with van der Waals surface area (Å²) >= 11 is 2.18. The van der Waals surface area contributed by atoms with E-state index in [-0.39, 0.29) is 5.56 Å². The van der Waals surface area contributed by atoms with Gasteiger partial charge in [-0.3, -0.25) is 0 Å². The Kier molecular flexibility index (Phi) is 4.57. The second-order valence-corrected chi connectivity index (χ2v) is 5.70. The van der Waals surface area contributed by atoms with Crippen LogP contribution in [0, 0.1) is 3.57 Å². The first-order chi connectivity index (χ1) is 9.38. The van der Waals surface area contributed by atoms with Crippen molar-refractivity contribution in [3.05, 3.63) is 63.2 Å². The zero-order chi connectivity index (χ0) is 14.8. The van der Waals surface area contributed by atoms with Gasteiger partial charge in [-0.05, 0) is 65.4 Å². The maximum Gasteiger partial charge on any atom is 0.416 e. The first-order valence-corrected chi connectivity index (χ1v) is 7.14. The third kappa shape index (κ3) is 3.65. The van der Waals surface area contributed by atoms with E-state index >= 15 is 0 Å². The van der Waals surface area contributed by atoms with E-state index in [1.54, 1.807) is 13.0 Å². The SMILES string of the molecule is CC(Nc1ccc(I)cc1)c1ccccc1C(F)(F)F. The molecule has 106 valence electrons. The summed E-state index contributed by atoms with van der Waals surface area (Å²) < 4.78 is 40.0. The molecule has 0 saturated carbocycles. The van der Waals surface area contributed by atoms with E-state index in [2.05, 4.69) is 27.9 Å². The Morgan fingerprint density at radius 3 is 2.20 bits per heavy atom. The van der Waals surface area contributed by atoms with Crippen LogP contribution in [0.4, 0.5) is 18.9 Å². The topological polar surface area (TPSA) is 12.0 Å². The van der Waals surface area contributed by atoms with Gasteiger partial charge in [0.15, 0.2) is 0 Å². The average molecular weight is 391 g/mol. The molecule has 0 aliphatic rings. The van der Waals surface area contributed by atoms with Gasteiger partial charge >= 0.3 is 6.18 Å². The molecular formula is C15H13F3IN. The number of anilines is 1. The van der Waals surface area contributed by atoms with Crippen molar-refractivity contribution in [2.75, 3.05) is 5.32 Å². The van der Waals surface area contributed by atoms with E-state index in [0.29, 0.717) is 0 Å². The van der Waals surface area contributed by atoms with Gasteiger partial charge in [0.05, 0.1) is 5.56 Å². The number of hydrogen-bond acceptors (Lipinski definition) is 1. The van der Waals surface area contributed by atoms with Gasteiger partial charge < -0.3 is 5.32 Å². The lowest BCUT2D eigenvalue weighted by atomic mass is 10.0. The summed E-state index contributed by atoms with van der Waals surface area (Å²) in [5.74, 6) is 0. The molecule has 0 aliphatic carbocycles. The first kappa shape index (κ1) is 15.2. The average Bonchev–Trinajstić information content (AvgIpc) is 2.40. The van der Waals surface area contributed by atoms with E-state index in [1.165, 1.54) is 12.1 Å². The highest BCUT2D eigenvalue weighted by atomic mass is 127. The predicted octanol–water partition coefficient (Wildman–Crippen LogP) is 5.48. The molecule has 20 heavy (non-hydrogen) atoms. The van der Waals surface area contributed by atoms with Crippen LogP contribution >= 0.6 is 22.6 Å². The van der Waals surface area contributed by atoms with Gasteiger partial charge in [0.1, 0.15) is 0 Å². The van der Waals surface area contributed by atoms with Gasteiger partial charge in [0.25, 0.3) is 0 Å². The van der Waals surface area contributed by atoms with Crippen LogP contribution in [0.2, 0.25) is 0 Å². The lowest BCUT2D eigenvalue weighted by Gasteiger charge is -2.20. The molecule has 0 radical (unpaired) electrons. The Balaban J connectivity index is 2.25. The number of rotatable bonds is 3. The van der Waals surface area contributed by atoms with Crippen LogP contribution in [-0.2, 0) is 6.18 Å². The first-order valence-electron chi connectivity index (χ1n) is 6.06. The molecule has 0 bridgehead atoms. The summed E-state index contributed by atoms with van der Waals surface area (Å²) in [7, 11) is 0. The zero-order valence-electron chi connectivity index (χ0n) is 10.7. The number of benzene rings is 2. The molecule has 0 spiro atoms. The minimum atomic E-state index is -4.33. The van der Waals surface area contributed by atoms with Gasteiger partial charge in [-0.25, -0.2) is 0 Å². The molecule has 0 heterocycles. The molecule has 0 amide bonds. The third-order valence-electron chi connectivity index (χ3n) is 2.96. The lowest BCUT2D eigenvalue weighted by Crippen LogP contribution is -2.15. The fourth-order valence-corrected chi connectivity index (χ4v) is 2.37. The zero-order valence-corrected chi connectivity index (χ0v) is 12.9. The van der Waals surface area contributed by atoms with E-state index in [1.807, 2.05) is 24.3 Å². The molecule has 0 fully saturated rings. The maximum atomic E-state index is 13.0. The molecule has 5 heteroatoms. The molecule has 2 rings (SSSR count). The van der Waals surface area contributed by atoms with Gasteiger partial charge in [-0.1, -0.05) is 18.2 Å². The van der Waals surface area contributed by atoms with Crippen molar-refractivity contribution in [3.8, 4) is 0 Å². The smallest absolute Gasteiger partial charge is 0.379 e. The normalized spacial score (nSPS) is 13.1. The highest BCUT2D eigenvalue weighted by Gasteiger charge is 2.34. The van der Waals surface area contributed by atoms with Gasteiger partial charge in [-0.2, -0.15) is 13.2 Å². The lowest BCUT2D eigenvalue weighted by molar-refractivity contribution is -0.138. The van der Waals surface area contributed by atoms with E-state index in [9.17, 15) is 13.2 Å². The molecule has 2 aromatic rings. The molecule has 0 saturated heterocycles. The van der Waals surface area contributed by atoms with Crippen molar-refractivity contribution in [3.63, 3.8) is 0 Å². The summed E-state index contributed by atoms with van der Waals surface area (Å²) in [6, 6.07) is 12.8. The van der Waals surface area contributed by atoms with Crippen molar-refractivity contribution in [1.29, 1.82) is 0 Å². The Labute approximate surface area is 129 Å². The van der Waals surface area contributed by atoms with E-state index in [4.69, 9.17) is 0 Å². The summed E-state index contributed by atoms with van der Waals surface area (Å²) in [5, 5.41) is 3.09. The van der Waals surface area contributed by atoms with Crippen LogP contribution in [-0.4, -0.2) is 0 Å². The monoisotopic (exact) mass is 391 g/mol. The number of hydrogen-bond donors (Lipinski definition) is 1. The molecule has 1 unspecified atom stereocenters. The van der Waals surface area contributed by atoms with E-state index in [0.717, 1.165) is 15.3 Å². The highest BCUT2D eigenvalue weighted by molar-refractivity contribution is 14.1.